The van der Waals surface area contributed by atoms with E-state index in [1.54, 1.807) is 7.11 Å². The van der Waals surface area contributed by atoms with Gasteiger partial charge in [0, 0.05) is 17.7 Å². The lowest BCUT2D eigenvalue weighted by molar-refractivity contribution is -0.385. The Morgan fingerprint density at radius 1 is 1.19 bits per heavy atom. The summed E-state index contributed by atoms with van der Waals surface area (Å²) in [5, 5.41) is 20.0. The van der Waals surface area contributed by atoms with Gasteiger partial charge in [-0.3, -0.25) is 10.1 Å². The quantitative estimate of drug-likeness (QED) is 0.653. The molecule has 0 saturated heterocycles. The summed E-state index contributed by atoms with van der Waals surface area (Å²) in [6, 6.07) is 11.5. The zero-order chi connectivity index (χ0) is 15.2. The number of hydrogen-bond donors (Lipinski definition) is 1. The smallest absolute Gasteiger partial charge is 0.270 e. The van der Waals surface area contributed by atoms with Crippen LogP contribution in [0.25, 0.3) is 0 Å². The number of methoxy groups -OCH3 is 1. The summed E-state index contributed by atoms with van der Waals surface area (Å²) in [6.45, 7) is -0.0194. The Bertz CT molecular complexity index is 624. The molecule has 0 bridgehead atoms. The number of nitrogens with zero attached hydrogens (tertiary/aromatic N) is 1. The van der Waals surface area contributed by atoms with Crippen molar-refractivity contribution >= 4 is 5.69 Å². The number of aliphatic hydroxyl groups excluding tert-OH is 1. The van der Waals surface area contributed by atoms with E-state index in [2.05, 4.69) is 0 Å². The van der Waals surface area contributed by atoms with E-state index < -0.39 is 4.92 Å². The molecule has 0 unspecified atom stereocenters. The molecule has 0 heterocycles. The Labute approximate surface area is 121 Å². The summed E-state index contributed by atoms with van der Waals surface area (Å²) in [5.74, 6) is 1.18. The minimum absolute atomic E-state index is 0.0733. The Morgan fingerprint density at radius 3 is 2.48 bits per heavy atom. The van der Waals surface area contributed by atoms with E-state index in [-0.39, 0.29) is 12.3 Å². The molecule has 0 aliphatic heterocycles. The Kier molecular flexibility index (Phi) is 4.73. The van der Waals surface area contributed by atoms with Crippen LogP contribution in [0.15, 0.2) is 42.5 Å². The highest BCUT2D eigenvalue weighted by Gasteiger charge is 2.11. The number of aliphatic hydroxyl groups is 1. The highest BCUT2D eigenvalue weighted by Crippen LogP contribution is 2.25. The molecule has 0 aliphatic carbocycles. The molecule has 2 rings (SSSR count). The third-order valence-corrected chi connectivity index (χ3v) is 2.98. The Hall–Kier alpha value is -2.60. The number of hydrogen-bond acceptors (Lipinski definition) is 5. The molecule has 0 aliphatic rings. The zero-order valence-electron chi connectivity index (χ0n) is 11.5. The maximum absolute atomic E-state index is 10.7. The first-order chi connectivity index (χ1) is 10.1. The van der Waals surface area contributed by atoms with Crippen LogP contribution >= 0.6 is 0 Å². The minimum Gasteiger partial charge on any atom is -0.497 e. The first-order valence-corrected chi connectivity index (χ1v) is 6.28. The van der Waals surface area contributed by atoms with Crippen LogP contribution in [0.4, 0.5) is 5.69 Å². The second-order valence-electron chi connectivity index (χ2n) is 4.34. The monoisotopic (exact) mass is 289 g/mol. The molecule has 1 N–H and O–H groups in total. The summed E-state index contributed by atoms with van der Waals surface area (Å²) < 4.78 is 10.7. The minimum atomic E-state index is -0.508. The van der Waals surface area contributed by atoms with Crippen molar-refractivity contribution in [1.29, 1.82) is 0 Å². The average molecular weight is 289 g/mol. The lowest BCUT2D eigenvalue weighted by atomic mass is 10.2. The van der Waals surface area contributed by atoms with Gasteiger partial charge in [-0.1, -0.05) is 12.1 Å². The van der Waals surface area contributed by atoms with E-state index in [0.29, 0.717) is 17.9 Å². The fourth-order valence-corrected chi connectivity index (χ4v) is 1.83. The molecule has 6 nitrogen and oxygen atoms in total. The van der Waals surface area contributed by atoms with Crippen LogP contribution in [-0.4, -0.2) is 17.1 Å². The van der Waals surface area contributed by atoms with Crippen LogP contribution in [-0.2, 0) is 13.2 Å². The van der Waals surface area contributed by atoms with Crippen molar-refractivity contribution in [2.24, 2.45) is 0 Å². The van der Waals surface area contributed by atoms with Gasteiger partial charge in [0.1, 0.15) is 18.1 Å². The summed E-state index contributed by atoms with van der Waals surface area (Å²) in [5.41, 5.74) is 1.24. The van der Waals surface area contributed by atoms with Crippen LogP contribution in [0, 0.1) is 10.1 Å². The number of rotatable bonds is 6. The molecular formula is C15H15NO5. The van der Waals surface area contributed by atoms with Crippen molar-refractivity contribution in [3.05, 3.63) is 63.7 Å². The number of ether oxygens (including phenoxy) is 2. The SMILES string of the molecule is COc1ccc(COc2ccc([N+](=O)[O-])cc2CO)cc1. The molecule has 110 valence electrons. The molecule has 0 saturated carbocycles. The number of non-ortho nitro benzene ring substituents is 1. The predicted molar refractivity (Wildman–Crippen MR) is 76.3 cm³/mol. The molecule has 0 spiro atoms. The maximum atomic E-state index is 10.7. The van der Waals surface area contributed by atoms with Gasteiger partial charge in [-0.2, -0.15) is 0 Å². The Morgan fingerprint density at radius 2 is 1.90 bits per heavy atom. The van der Waals surface area contributed by atoms with Crippen molar-refractivity contribution in [3.8, 4) is 11.5 Å². The van der Waals surface area contributed by atoms with Gasteiger partial charge in [0.2, 0.25) is 0 Å². The lowest BCUT2D eigenvalue weighted by Gasteiger charge is -2.10. The van der Waals surface area contributed by atoms with Gasteiger partial charge in [-0.25, -0.2) is 0 Å². The van der Waals surface area contributed by atoms with E-state index in [1.165, 1.54) is 18.2 Å². The second-order valence-corrected chi connectivity index (χ2v) is 4.34. The van der Waals surface area contributed by atoms with Gasteiger partial charge >= 0.3 is 0 Å². The molecule has 0 amide bonds. The molecule has 0 radical (unpaired) electrons. The summed E-state index contributed by atoms with van der Waals surface area (Å²) in [6.07, 6.45) is 0. The van der Waals surface area contributed by atoms with Gasteiger partial charge in [-0.05, 0) is 23.8 Å². The molecule has 0 aromatic heterocycles. The highest BCUT2D eigenvalue weighted by molar-refractivity contribution is 5.43. The molecule has 6 heteroatoms. The van der Waals surface area contributed by atoms with Gasteiger partial charge in [0.25, 0.3) is 5.69 Å². The first-order valence-electron chi connectivity index (χ1n) is 6.28. The van der Waals surface area contributed by atoms with E-state index in [4.69, 9.17) is 9.47 Å². The Balaban J connectivity index is 2.09. The van der Waals surface area contributed by atoms with Crippen molar-refractivity contribution in [3.63, 3.8) is 0 Å². The predicted octanol–water partition coefficient (Wildman–Crippen LogP) is 2.67. The first kappa shape index (κ1) is 14.8. The van der Waals surface area contributed by atoms with Crippen molar-refractivity contribution in [2.45, 2.75) is 13.2 Å². The van der Waals surface area contributed by atoms with E-state index >= 15 is 0 Å². The molecule has 2 aromatic rings. The third kappa shape index (κ3) is 3.70. The van der Waals surface area contributed by atoms with Gasteiger partial charge in [-0.15, -0.1) is 0 Å². The number of benzene rings is 2. The average Bonchev–Trinajstić information content (AvgIpc) is 2.53. The number of nitro groups is 1. The van der Waals surface area contributed by atoms with Crippen molar-refractivity contribution < 1.29 is 19.5 Å². The van der Waals surface area contributed by atoms with E-state index in [0.717, 1.165) is 11.3 Å². The molecule has 0 atom stereocenters. The normalized spacial score (nSPS) is 10.2. The van der Waals surface area contributed by atoms with Crippen LogP contribution in [0.2, 0.25) is 0 Å². The third-order valence-electron chi connectivity index (χ3n) is 2.98. The molecule has 2 aromatic carbocycles. The standard InChI is InChI=1S/C15H15NO5/c1-20-14-5-2-11(3-6-14)10-21-15-7-4-13(16(18)19)8-12(15)9-17/h2-8,17H,9-10H2,1H3. The number of nitro benzene ring substituents is 1. The maximum Gasteiger partial charge on any atom is 0.270 e. The van der Waals surface area contributed by atoms with Crippen LogP contribution in [0.1, 0.15) is 11.1 Å². The summed E-state index contributed by atoms with van der Waals surface area (Å²) in [7, 11) is 1.59. The summed E-state index contributed by atoms with van der Waals surface area (Å²) in [4.78, 5) is 10.2. The van der Waals surface area contributed by atoms with Crippen LogP contribution in [0.3, 0.4) is 0 Å². The van der Waals surface area contributed by atoms with Crippen molar-refractivity contribution in [1.82, 2.24) is 0 Å². The lowest BCUT2D eigenvalue weighted by Crippen LogP contribution is -2.00. The fourth-order valence-electron chi connectivity index (χ4n) is 1.83. The van der Waals surface area contributed by atoms with Gasteiger partial charge < -0.3 is 14.6 Å². The second kappa shape index (κ2) is 6.71. The zero-order valence-corrected chi connectivity index (χ0v) is 11.5. The van der Waals surface area contributed by atoms with Crippen LogP contribution < -0.4 is 9.47 Å². The summed E-state index contributed by atoms with van der Waals surface area (Å²) >= 11 is 0. The topological polar surface area (TPSA) is 81.8 Å². The fraction of sp³-hybridized carbons (Fsp3) is 0.200. The van der Waals surface area contributed by atoms with Crippen LogP contribution in [0.5, 0.6) is 11.5 Å². The van der Waals surface area contributed by atoms with E-state index in [9.17, 15) is 15.2 Å². The molecule has 21 heavy (non-hydrogen) atoms. The molecule has 0 fully saturated rings. The van der Waals surface area contributed by atoms with Gasteiger partial charge in [0.05, 0.1) is 18.6 Å². The highest BCUT2D eigenvalue weighted by atomic mass is 16.6. The van der Waals surface area contributed by atoms with Crippen molar-refractivity contribution in [2.75, 3.05) is 7.11 Å². The largest absolute Gasteiger partial charge is 0.497 e. The van der Waals surface area contributed by atoms with E-state index in [1.807, 2.05) is 24.3 Å². The van der Waals surface area contributed by atoms with Gasteiger partial charge in [0.15, 0.2) is 0 Å². The molecular weight excluding hydrogens is 274 g/mol.